The van der Waals surface area contributed by atoms with Crippen LogP contribution in [-0.2, 0) is 14.8 Å². The molecular weight excluding hydrogens is 453 g/mol. The van der Waals surface area contributed by atoms with E-state index < -0.39 is 34.2 Å². The largest absolute Gasteiger partial charge is 0.573 e. The molecule has 1 fully saturated rings. The summed E-state index contributed by atoms with van der Waals surface area (Å²) in [5, 5.41) is 2.56. The van der Waals surface area contributed by atoms with Crippen LogP contribution in [0.15, 0.2) is 36.4 Å². The number of amides is 3. The minimum atomic E-state index is -4.81. The van der Waals surface area contributed by atoms with Crippen molar-refractivity contribution in [2.24, 2.45) is 0 Å². The second kappa shape index (κ2) is 10.7. The molecule has 0 saturated carbocycles. The number of carbonyl (C=O) groups is 2. The number of ether oxygens (including phenoxy) is 1. The molecule has 0 bridgehead atoms. The van der Waals surface area contributed by atoms with E-state index in [0.717, 1.165) is 12.1 Å². The first-order valence-electron chi connectivity index (χ1n) is 9.64. The number of nitrogens with zero attached hydrogens (tertiary/aromatic N) is 2. The summed E-state index contributed by atoms with van der Waals surface area (Å²) in [6.45, 7) is 0.525. The van der Waals surface area contributed by atoms with Gasteiger partial charge in [-0.2, -0.15) is 0 Å². The highest BCUT2D eigenvalue weighted by molar-refractivity contribution is 7.89. The number of rotatable bonds is 7. The van der Waals surface area contributed by atoms with Gasteiger partial charge in [-0.3, -0.25) is 4.79 Å². The van der Waals surface area contributed by atoms with Gasteiger partial charge in [0.2, 0.25) is 15.9 Å². The van der Waals surface area contributed by atoms with E-state index in [1.807, 2.05) is 0 Å². The third kappa shape index (κ3) is 8.75. The van der Waals surface area contributed by atoms with Crippen molar-refractivity contribution in [1.29, 1.82) is 0 Å². The van der Waals surface area contributed by atoms with Crippen molar-refractivity contribution in [3.63, 3.8) is 0 Å². The van der Waals surface area contributed by atoms with Gasteiger partial charge in [-0.05, 0) is 37.1 Å². The Morgan fingerprint density at radius 1 is 1.25 bits per heavy atom. The van der Waals surface area contributed by atoms with Gasteiger partial charge in [-0.1, -0.05) is 6.08 Å². The van der Waals surface area contributed by atoms with E-state index >= 15 is 0 Å². The average Bonchev–Trinajstić information content (AvgIpc) is 2.68. The van der Waals surface area contributed by atoms with Crippen LogP contribution in [0.3, 0.4) is 0 Å². The van der Waals surface area contributed by atoms with Gasteiger partial charge in [0.1, 0.15) is 5.75 Å². The molecule has 3 amide bonds. The summed E-state index contributed by atoms with van der Waals surface area (Å²) in [4.78, 5) is 26.7. The number of halogens is 3. The van der Waals surface area contributed by atoms with Crippen LogP contribution >= 0.6 is 0 Å². The Hall–Kier alpha value is -2.80. The maximum atomic E-state index is 12.5. The van der Waals surface area contributed by atoms with E-state index in [1.54, 1.807) is 14.1 Å². The number of benzene rings is 1. The summed E-state index contributed by atoms with van der Waals surface area (Å²) >= 11 is 0. The Morgan fingerprint density at radius 2 is 1.91 bits per heavy atom. The smallest absolute Gasteiger partial charge is 0.406 e. The zero-order valence-corrected chi connectivity index (χ0v) is 18.4. The molecule has 0 aromatic heterocycles. The fourth-order valence-electron chi connectivity index (χ4n) is 2.93. The van der Waals surface area contributed by atoms with Crippen molar-refractivity contribution in [1.82, 2.24) is 14.5 Å². The number of urea groups is 1. The number of nitrogens with one attached hydrogen (secondary N) is 2. The van der Waals surface area contributed by atoms with Gasteiger partial charge in [0, 0.05) is 45.0 Å². The van der Waals surface area contributed by atoms with Gasteiger partial charge >= 0.3 is 12.4 Å². The number of sulfonamides is 1. The summed E-state index contributed by atoms with van der Waals surface area (Å²) in [5.41, 5.74) is 0.267. The number of anilines is 1. The van der Waals surface area contributed by atoms with Gasteiger partial charge in [-0.25, -0.2) is 17.9 Å². The van der Waals surface area contributed by atoms with Crippen molar-refractivity contribution in [2.75, 3.05) is 38.3 Å². The lowest BCUT2D eigenvalue weighted by atomic mass is 10.1. The van der Waals surface area contributed by atoms with Gasteiger partial charge in [0.05, 0.1) is 5.75 Å². The highest BCUT2D eigenvalue weighted by atomic mass is 32.2. The van der Waals surface area contributed by atoms with E-state index in [-0.39, 0.29) is 23.9 Å². The van der Waals surface area contributed by atoms with Crippen molar-refractivity contribution in [3.05, 3.63) is 36.4 Å². The first kappa shape index (κ1) is 25.5. The number of likely N-dealkylation sites (tertiary alicyclic amines) is 1. The van der Waals surface area contributed by atoms with Gasteiger partial charge in [0.15, 0.2) is 0 Å². The van der Waals surface area contributed by atoms with Gasteiger partial charge in [-0.15, -0.1) is 13.2 Å². The molecule has 2 N–H and O–H groups in total. The van der Waals surface area contributed by atoms with E-state index in [1.165, 1.54) is 34.1 Å². The maximum absolute atomic E-state index is 12.5. The molecule has 1 atom stereocenters. The molecule has 178 valence electrons. The highest BCUT2D eigenvalue weighted by Crippen LogP contribution is 2.24. The van der Waals surface area contributed by atoms with Crippen molar-refractivity contribution in [3.8, 4) is 5.75 Å². The molecule has 0 spiro atoms. The van der Waals surface area contributed by atoms with Crippen LogP contribution < -0.4 is 14.8 Å². The van der Waals surface area contributed by atoms with Crippen LogP contribution in [0.1, 0.15) is 12.8 Å². The minimum absolute atomic E-state index is 0.126. The number of likely N-dealkylation sites (N-methyl/N-ethyl adjacent to an activating group) is 1. The van der Waals surface area contributed by atoms with E-state index in [4.69, 9.17) is 0 Å². The molecule has 9 nitrogen and oxygen atoms in total. The number of piperidine rings is 1. The Labute approximate surface area is 184 Å². The van der Waals surface area contributed by atoms with Crippen LogP contribution in [0, 0.1) is 0 Å². The number of hydrogen-bond acceptors (Lipinski definition) is 5. The average molecular weight is 478 g/mol. The van der Waals surface area contributed by atoms with Crippen LogP contribution in [0.4, 0.5) is 23.7 Å². The maximum Gasteiger partial charge on any atom is 0.573 e. The molecule has 32 heavy (non-hydrogen) atoms. The monoisotopic (exact) mass is 478 g/mol. The predicted molar refractivity (Wildman–Crippen MR) is 111 cm³/mol. The van der Waals surface area contributed by atoms with E-state index in [0.29, 0.717) is 19.4 Å². The standard InChI is InChI=1S/C19H25F3N4O5S/c1-25(2)17(27)6-4-12-32(29,30)24-15-5-3-11-26(13-15)18(28)23-14-7-9-16(10-8-14)31-19(20,21)22/h4,6-10,15,24H,3,5,11-13H2,1-2H3,(H,23,28)/b6-4+. The quantitative estimate of drug-likeness (QED) is 0.584. The molecular formula is C19H25F3N4O5S. The normalized spacial score (nSPS) is 17.3. The Morgan fingerprint density at radius 3 is 2.50 bits per heavy atom. The van der Waals surface area contributed by atoms with E-state index in [9.17, 15) is 31.2 Å². The van der Waals surface area contributed by atoms with Gasteiger partial charge in [0.25, 0.3) is 0 Å². The second-order valence-corrected chi connectivity index (χ2v) is 9.12. The summed E-state index contributed by atoms with van der Waals surface area (Å²) in [6, 6.07) is 3.68. The summed E-state index contributed by atoms with van der Waals surface area (Å²) < 4.78 is 67.5. The number of alkyl halides is 3. The molecule has 1 aliphatic rings. The molecule has 2 rings (SSSR count). The SMILES string of the molecule is CN(C)C(=O)/C=C/CS(=O)(=O)NC1CCCN(C(=O)Nc2ccc(OC(F)(F)F)cc2)C1. The third-order valence-corrected chi connectivity index (χ3v) is 5.73. The summed E-state index contributed by atoms with van der Waals surface area (Å²) in [7, 11) is -0.607. The van der Waals surface area contributed by atoms with Crippen LogP contribution in [0.5, 0.6) is 5.75 Å². The third-order valence-electron chi connectivity index (χ3n) is 4.41. The Balaban J connectivity index is 1.89. The molecule has 1 saturated heterocycles. The topological polar surface area (TPSA) is 108 Å². The first-order valence-corrected chi connectivity index (χ1v) is 11.3. The molecule has 1 unspecified atom stereocenters. The summed E-state index contributed by atoms with van der Waals surface area (Å²) in [6.07, 6.45) is -1.28. The fraction of sp³-hybridized carbons (Fsp3) is 0.474. The highest BCUT2D eigenvalue weighted by Gasteiger charge is 2.31. The van der Waals surface area contributed by atoms with E-state index in [2.05, 4.69) is 14.8 Å². The lowest BCUT2D eigenvalue weighted by Crippen LogP contribution is -2.51. The lowest BCUT2D eigenvalue weighted by molar-refractivity contribution is -0.274. The molecule has 13 heteroatoms. The molecule has 1 aromatic rings. The molecule has 1 aromatic carbocycles. The number of hydrogen-bond donors (Lipinski definition) is 2. The Kier molecular flexibility index (Phi) is 8.50. The van der Waals surface area contributed by atoms with Crippen molar-refractivity contribution < 1.29 is 35.9 Å². The minimum Gasteiger partial charge on any atom is -0.406 e. The first-order chi connectivity index (χ1) is 14.8. The lowest BCUT2D eigenvalue weighted by Gasteiger charge is -2.33. The van der Waals surface area contributed by atoms with Crippen molar-refractivity contribution >= 4 is 27.6 Å². The molecule has 1 aliphatic heterocycles. The molecule has 0 aliphatic carbocycles. The molecule has 0 radical (unpaired) electrons. The van der Waals surface area contributed by atoms with Gasteiger partial charge < -0.3 is 19.9 Å². The zero-order chi connectivity index (χ0) is 23.9. The fourth-order valence-corrected chi connectivity index (χ4v) is 4.07. The van der Waals surface area contributed by atoms with Crippen LogP contribution in [-0.4, -0.2) is 75.5 Å². The van der Waals surface area contributed by atoms with Crippen molar-refractivity contribution in [2.45, 2.75) is 25.2 Å². The predicted octanol–water partition coefficient (Wildman–Crippen LogP) is 2.15. The summed E-state index contributed by atoms with van der Waals surface area (Å²) in [5.74, 6) is -1.12. The van der Waals surface area contributed by atoms with Crippen LogP contribution in [0.25, 0.3) is 0 Å². The number of carbonyl (C=O) groups excluding carboxylic acids is 2. The molecule has 1 heterocycles. The Bertz CT molecular complexity index is 933. The second-order valence-electron chi connectivity index (χ2n) is 7.32. The van der Waals surface area contributed by atoms with Crippen LogP contribution in [0.2, 0.25) is 0 Å². The zero-order valence-electron chi connectivity index (χ0n) is 17.6.